The molecule has 7 aromatic rings. The van der Waals surface area contributed by atoms with Crippen LogP contribution in [0.1, 0.15) is 0 Å². The van der Waals surface area contributed by atoms with E-state index >= 15 is 0 Å². The zero-order valence-electron chi connectivity index (χ0n) is 17.6. The molecule has 4 aromatic carbocycles. The van der Waals surface area contributed by atoms with Crippen molar-refractivity contribution in [1.82, 2.24) is 15.0 Å². The zero-order chi connectivity index (χ0) is 21.9. The van der Waals surface area contributed by atoms with Crippen molar-refractivity contribution in [2.24, 2.45) is 0 Å². The van der Waals surface area contributed by atoms with Crippen molar-refractivity contribution in [2.45, 2.75) is 0 Å². The van der Waals surface area contributed by atoms with Crippen molar-refractivity contribution in [2.75, 3.05) is 0 Å². The molecule has 2 N–H and O–H groups in total. The normalized spacial score (nSPS) is 11.8. The van der Waals surface area contributed by atoms with Gasteiger partial charge in [-0.15, -0.1) is 0 Å². The summed E-state index contributed by atoms with van der Waals surface area (Å²) in [5, 5.41) is 4.92. The monoisotopic (exact) mass is 487 g/mol. The molecule has 0 bridgehead atoms. The van der Waals surface area contributed by atoms with Crippen molar-refractivity contribution >= 4 is 59.5 Å². The van der Waals surface area contributed by atoms with E-state index in [1.165, 1.54) is 21.5 Å². The number of aromatic nitrogens is 3. The maximum Gasteiger partial charge on any atom is 0.113 e. The van der Waals surface area contributed by atoms with Crippen LogP contribution in [0.3, 0.4) is 0 Å². The molecule has 0 aliphatic carbocycles. The molecule has 4 heteroatoms. The first-order valence-corrected chi connectivity index (χ1v) is 11.7. The quantitative estimate of drug-likeness (QED) is 0.236. The van der Waals surface area contributed by atoms with Crippen LogP contribution in [0.5, 0.6) is 0 Å². The summed E-state index contributed by atoms with van der Waals surface area (Å²) in [4.78, 5) is 12.0. The molecule has 0 atom stereocenters. The lowest BCUT2D eigenvalue weighted by atomic mass is 9.98. The standard InChI is InChI=1S/C29H18BrN3/c30-29-24(23-12-6-11-22-20-8-2-4-14-26(20)33-28(22)23)15-17(16-31-29)18-9-5-10-21-19-7-1-3-13-25(19)32-27(18)21/h1-16,32-33H. The van der Waals surface area contributed by atoms with Crippen LogP contribution in [0.15, 0.2) is 102 Å². The molecule has 0 radical (unpaired) electrons. The largest absolute Gasteiger partial charge is 0.354 e. The van der Waals surface area contributed by atoms with Crippen LogP contribution in [-0.2, 0) is 0 Å². The third kappa shape index (κ3) is 2.77. The molecule has 0 fully saturated rings. The Morgan fingerprint density at radius 3 is 1.76 bits per heavy atom. The number of halogens is 1. The van der Waals surface area contributed by atoms with Crippen LogP contribution in [0.25, 0.3) is 65.9 Å². The summed E-state index contributed by atoms with van der Waals surface area (Å²) in [6, 6.07) is 32.0. The van der Waals surface area contributed by atoms with E-state index < -0.39 is 0 Å². The predicted molar refractivity (Wildman–Crippen MR) is 142 cm³/mol. The Bertz CT molecular complexity index is 1840. The second-order valence-electron chi connectivity index (χ2n) is 8.36. The van der Waals surface area contributed by atoms with Gasteiger partial charge in [-0.3, -0.25) is 0 Å². The van der Waals surface area contributed by atoms with Gasteiger partial charge >= 0.3 is 0 Å². The number of benzene rings is 4. The van der Waals surface area contributed by atoms with Gasteiger partial charge in [-0.1, -0.05) is 72.8 Å². The van der Waals surface area contributed by atoms with E-state index in [1.54, 1.807) is 0 Å². The molecule has 0 unspecified atom stereocenters. The number of nitrogens with one attached hydrogen (secondary N) is 2. The van der Waals surface area contributed by atoms with E-state index in [9.17, 15) is 0 Å². The highest BCUT2D eigenvalue weighted by molar-refractivity contribution is 9.10. The fourth-order valence-electron chi connectivity index (χ4n) is 5.00. The second kappa shape index (κ2) is 7.06. The van der Waals surface area contributed by atoms with Crippen molar-refractivity contribution in [3.8, 4) is 22.3 Å². The Hall–Kier alpha value is -3.89. The molecule has 0 spiro atoms. The van der Waals surface area contributed by atoms with E-state index in [2.05, 4.69) is 117 Å². The number of hydrogen-bond donors (Lipinski definition) is 2. The van der Waals surface area contributed by atoms with E-state index in [1.807, 2.05) is 6.20 Å². The van der Waals surface area contributed by atoms with Crippen molar-refractivity contribution in [3.63, 3.8) is 0 Å². The average Bonchev–Trinajstić information content (AvgIpc) is 3.43. The van der Waals surface area contributed by atoms with Crippen LogP contribution in [-0.4, -0.2) is 15.0 Å². The van der Waals surface area contributed by atoms with Gasteiger partial charge in [0.1, 0.15) is 4.60 Å². The number of hydrogen-bond acceptors (Lipinski definition) is 1. The SMILES string of the molecule is Brc1ncc(-c2cccc3c2[nH]c2ccccc23)cc1-c1cccc2c1[nH]c1ccccc12. The topological polar surface area (TPSA) is 44.5 Å². The van der Waals surface area contributed by atoms with Gasteiger partial charge in [0.25, 0.3) is 0 Å². The summed E-state index contributed by atoms with van der Waals surface area (Å²) in [5.74, 6) is 0. The number of aromatic amines is 2. The highest BCUT2D eigenvalue weighted by Crippen LogP contribution is 2.39. The summed E-state index contributed by atoms with van der Waals surface area (Å²) >= 11 is 3.71. The van der Waals surface area contributed by atoms with Gasteiger partial charge in [0.05, 0.1) is 11.0 Å². The van der Waals surface area contributed by atoms with Crippen LogP contribution in [0.2, 0.25) is 0 Å². The molecule has 3 aromatic heterocycles. The van der Waals surface area contributed by atoms with Gasteiger partial charge in [0.2, 0.25) is 0 Å². The summed E-state index contributed by atoms with van der Waals surface area (Å²) < 4.78 is 0.834. The average molecular weight is 488 g/mol. The van der Waals surface area contributed by atoms with Crippen LogP contribution in [0, 0.1) is 0 Å². The van der Waals surface area contributed by atoms with E-state index in [-0.39, 0.29) is 0 Å². The van der Waals surface area contributed by atoms with Gasteiger partial charge < -0.3 is 9.97 Å². The Kier molecular flexibility index (Phi) is 3.99. The minimum atomic E-state index is 0.834. The van der Waals surface area contributed by atoms with Crippen LogP contribution >= 0.6 is 15.9 Å². The minimum Gasteiger partial charge on any atom is -0.354 e. The van der Waals surface area contributed by atoms with Gasteiger partial charge in [-0.2, -0.15) is 0 Å². The molecular weight excluding hydrogens is 470 g/mol. The van der Waals surface area contributed by atoms with E-state index in [0.29, 0.717) is 0 Å². The van der Waals surface area contributed by atoms with Crippen LogP contribution in [0.4, 0.5) is 0 Å². The molecule has 0 aliphatic rings. The second-order valence-corrected chi connectivity index (χ2v) is 9.11. The van der Waals surface area contributed by atoms with Crippen molar-refractivity contribution in [1.29, 1.82) is 0 Å². The molecule has 7 rings (SSSR count). The fraction of sp³-hybridized carbons (Fsp3) is 0. The Morgan fingerprint density at radius 2 is 1.09 bits per heavy atom. The van der Waals surface area contributed by atoms with Crippen molar-refractivity contribution < 1.29 is 0 Å². The lowest BCUT2D eigenvalue weighted by Crippen LogP contribution is -1.89. The molecule has 3 heterocycles. The number of nitrogens with zero attached hydrogens (tertiary/aromatic N) is 1. The molecule has 0 saturated heterocycles. The van der Waals surface area contributed by atoms with E-state index in [0.717, 1.165) is 48.9 Å². The maximum absolute atomic E-state index is 4.74. The Balaban J connectivity index is 1.48. The van der Waals surface area contributed by atoms with Crippen LogP contribution < -0.4 is 0 Å². The first-order chi connectivity index (χ1) is 16.3. The smallest absolute Gasteiger partial charge is 0.113 e. The van der Waals surface area contributed by atoms with Gasteiger partial charge in [0.15, 0.2) is 0 Å². The summed E-state index contributed by atoms with van der Waals surface area (Å²) in [7, 11) is 0. The third-order valence-electron chi connectivity index (χ3n) is 6.52. The summed E-state index contributed by atoms with van der Waals surface area (Å²) in [5.41, 5.74) is 8.98. The molecule has 0 amide bonds. The predicted octanol–water partition coefficient (Wildman–Crippen LogP) is 8.45. The first kappa shape index (κ1) is 18.7. The number of H-pyrrole nitrogens is 2. The summed E-state index contributed by atoms with van der Waals surface area (Å²) in [6.45, 7) is 0. The third-order valence-corrected chi connectivity index (χ3v) is 7.15. The van der Waals surface area contributed by atoms with Gasteiger partial charge in [0, 0.05) is 61.0 Å². The van der Waals surface area contributed by atoms with E-state index in [4.69, 9.17) is 4.98 Å². The molecular formula is C29H18BrN3. The molecule has 156 valence electrons. The van der Waals surface area contributed by atoms with Gasteiger partial charge in [-0.25, -0.2) is 4.98 Å². The highest BCUT2D eigenvalue weighted by Gasteiger charge is 2.15. The van der Waals surface area contributed by atoms with Gasteiger partial charge in [-0.05, 0) is 34.1 Å². The Morgan fingerprint density at radius 1 is 0.545 bits per heavy atom. The lowest BCUT2D eigenvalue weighted by molar-refractivity contribution is 1.28. The highest BCUT2D eigenvalue weighted by atomic mass is 79.9. The lowest BCUT2D eigenvalue weighted by Gasteiger charge is -2.10. The molecule has 3 nitrogen and oxygen atoms in total. The number of fused-ring (bicyclic) bond motifs is 6. The van der Waals surface area contributed by atoms with Crippen molar-refractivity contribution in [3.05, 3.63) is 102 Å². The first-order valence-electron chi connectivity index (χ1n) is 10.9. The minimum absolute atomic E-state index is 0.834. The molecule has 33 heavy (non-hydrogen) atoms. The number of rotatable bonds is 2. The molecule has 0 aliphatic heterocycles. The fourth-order valence-corrected chi connectivity index (χ4v) is 5.43. The number of pyridine rings is 1. The summed E-state index contributed by atoms with van der Waals surface area (Å²) in [6.07, 6.45) is 1.94. The zero-order valence-corrected chi connectivity index (χ0v) is 19.1. The Labute approximate surface area is 198 Å². The maximum atomic E-state index is 4.74. The number of para-hydroxylation sites is 4. The molecule has 0 saturated carbocycles.